The highest BCUT2D eigenvalue weighted by Crippen LogP contribution is 2.42. The normalized spacial score (nSPS) is 11.6. The molecule has 0 amide bonds. The first-order chi connectivity index (χ1) is 22.3. The van der Waals surface area contributed by atoms with Crippen molar-refractivity contribution >= 4 is 70.4 Å². The van der Waals surface area contributed by atoms with Crippen LogP contribution in [-0.2, 0) is 0 Å². The van der Waals surface area contributed by atoms with Gasteiger partial charge in [-0.2, -0.15) is 0 Å². The Morgan fingerprint density at radius 3 is 1.80 bits per heavy atom. The van der Waals surface area contributed by atoms with E-state index in [0.717, 1.165) is 17.1 Å². The number of hydrogen-bond acceptors (Lipinski definition) is 2. The molecule has 0 fully saturated rings. The zero-order valence-electron chi connectivity index (χ0n) is 24.5. The minimum absolute atomic E-state index is 1.13. The summed E-state index contributed by atoms with van der Waals surface area (Å²) in [6.45, 7) is 0. The van der Waals surface area contributed by atoms with Gasteiger partial charge in [-0.15, -0.1) is 11.3 Å². The Morgan fingerprint density at radius 1 is 0.400 bits per heavy atom. The SMILES string of the molecule is c1ccc(N(c2ccccc2)c2cccc(-c3ccc4c(c3)c3ccccc3n4-c3cccc4c3sc3ccccc34)c2)cc1. The quantitative estimate of drug-likeness (QED) is 0.193. The first-order valence-electron chi connectivity index (χ1n) is 15.3. The summed E-state index contributed by atoms with van der Waals surface area (Å²) in [4.78, 5) is 2.32. The lowest BCUT2D eigenvalue weighted by Crippen LogP contribution is -2.09. The van der Waals surface area contributed by atoms with Crippen molar-refractivity contribution in [2.75, 3.05) is 4.90 Å². The Balaban J connectivity index is 1.22. The molecule has 0 aliphatic rings. The standard InChI is InChI=1S/C42H28N2S/c1-3-14-31(15-4-1)43(32-16-5-2-6-17-32)33-18-11-13-29(27-33)30-25-26-39-37(28-30)34-19-7-9-22-38(34)44(39)40-23-12-21-36-35-20-8-10-24-41(35)45-42(36)40/h1-28H. The lowest BCUT2D eigenvalue weighted by atomic mass is 10.0. The van der Waals surface area contributed by atoms with Gasteiger partial charge in [0.2, 0.25) is 0 Å². The Morgan fingerprint density at radius 2 is 1.00 bits per heavy atom. The highest BCUT2D eigenvalue weighted by atomic mass is 32.1. The molecular weight excluding hydrogens is 565 g/mol. The van der Waals surface area contributed by atoms with Crippen molar-refractivity contribution in [1.29, 1.82) is 0 Å². The van der Waals surface area contributed by atoms with Crippen LogP contribution in [0.3, 0.4) is 0 Å². The van der Waals surface area contributed by atoms with Gasteiger partial charge in [0.1, 0.15) is 0 Å². The molecule has 2 aromatic heterocycles. The zero-order chi connectivity index (χ0) is 29.7. The summed E-state index contributed by atoms with van der Waals surface area (Å²) in [5, 5.41) is 5.16. The second-order valence-electron chi connectivity index (χ2n) is 11.4. The maximum absolute atomic E-state index is 2.45. The van der Waals surface area contributed by atoms with Crippen LogP contribution in [0.15, 0.2) is 170 Å². The molecule has 0 aliphatic heterocycles. The van der Waals surface area contributed by atoms with Crippen LogP contribution >= 0.6 is 11.3 Å². The van der Waals surface area contributed by atoms with Gasteiger partial charge in [-0.1, -0.05) is 103 Å². The van der Waals surface area contributed by atoms with Gasteiger partial charge in [-0.3, -0.25) is 0 Å². The molecule has 0 saturated heterocycles. The maximum atomic E-state index is 2.45. The second-order valence-corrected chi connectivity index (χ2v) is 12.4. The fourth-order valence-electron chi connectivity index (χ4n) is 6.75. The molecule has 3 heteroatoms. The highest BCUT2D eigenvalue weighted by Gasteiger charge is 2.18. The number of para-hydroxylation sites is 3. The van der Waals surface area contributed by atoms with Crippen molar-refractivity contribution in [2.45, 2.75) is 0 Å². The van der Waals surface area contributed by atoms with Crippen molar-refractivity contribution in [2.24, 2.45) is 0 Å². The lowest BCUT2D eigenvalue weighted by Gasteiger charge is -2.26. The summed E-state index contributed by atoms with van der Waals surface area (Å²) in [5.41, 5.74) is 9.46. The Kier molecular flexibility index (Phi) is 6.03. The first-order valence-corrected chi connectivity index (χ1v) is 16.1. The summed E-state index contributed by atoms with van der Waals surface area (Å²) >= 11 is 1.88. The van der Waals surface area contributed by atoms with E-state index in [0.29, 0.717) is 0 Å². The van der Waals surface area contributed by atoms with Crippen LogP contribution in [0.4, 0.5) is 17.1 Å². The van der Waals surface area contributed by atoms with E-state index in [-0.39, 0.29) is 0 Å². The predicted molar refractivity (Wildman–Crippen MR) is 194 cm³/mol. The number of hydrogen-bond donors (Lipinski definition) is 0. The third-order valence-electron chi connectivity index (χ3n) is 8.76. The minimum atomic E-state index is 1.13. The molecule has 2 heterocycles. The molecule has 0 unspecified atom stereocenters. The van der Waals surface area contributed by atoms with Gasteiger partial charge >= 0.3 is 0 Å². The van der Waals surface area contributed by atoms with Crippen molar-refractivity contribution < 1.29 is 0 Å². The van der Waals surface area contributed by atoms with E-state index < -0.39 is 0 Å². The average Bonchev–Trinajstić information content (AvgIpc) is 3.65. The van der Waals surface area contributed by atoms with Gasteiger partial charge in [-0.05, 0) is 77.9 Å². The van der Waals surface area contributed by atoms with Crippen LogP contribution in [-0.4, -0.2) is 4.57 Å². The Bertz CT molecular complexity index is 2450. The third kappa shape index (κ3) is 4.24. The smallest absolute Gasteiger partial charge is 0.0640 e. The van der Waals surface area contributed by atoms with Crippen molar-refractivity contribution in [1.82, 2.24) is 4.57 Å². The number of thiophene rings is 1. The van der Waals surface area contributed by atoms with Gasteiger partial charge in [0, 0.05) is 43.3 Å². The molecule has 9 aromatic rings. The molecule has 0 spiro atoms. The number of benzene rings is 7. The van der Waals surface area contributed by atoms with Crippen LogP contribution in [0, 0.1) is 0 Å². The van der Waals surface area contributed by atoms with E-state index in [1.54, 1.807) is 0 Å². The molecule has 9 rings (SSSR count). The molecule has 2 nitrogen and oxygen atoms in total. The topological polar surface area (TPSA) is 8.17 Å². The Labute approximate surface area is 265 Å². The van der Waals surface area contributed by atoms with E-state index in [4.69, 9.17) is 0 Å². The van der Waals surface area contributed by atoms with Crippen LogP contribution in [0.5, 0.6) is 0 Å². The highest BCUT2D eigenvalue weighted by molar-refractivity contribution is 7.26. The number of rotatable bonds is 5. The molecule has 0 atom stereocenters. The summed E-state index contributed by atoms with van der Waals surface area (Å²) in [6.07, 6.45) is 0. The van der Waals surface area contributed by atoms with Crippen molar-refractivity contribution in [3.05, 3.63) is 170 Å². The number of nitrogens with zero attached hydrogens (tertiary/aromatic N) is 2. The van der Waals surface area contributed by atoms with E-state index in [1.165, 1.54) is 58.8 Å². The van der Waals surface area contributed by atoms with E-state index in [2.05, 4.69) is 179 Å². The van der Waals surface area contributed by atoms with Crippen molar-refractivity contribution in [3.63, 3.8) is 0 Å². The molecule has 0 saturated carbocycles. The molecule has 45 heavy (non-hydrogen) atoms. The third-order valence-corrected chi connectivity index (χ3v) is 9.97. The summed E-state index contributed by atoms with van der Waals surface area (Å²) in [6, 6.07) is 61.3. The fraction of sp³-hybridized carbons (Fsp3) is 0. The first kappa shape index (κ1) is 25.8. The fourth-order valence-corrected chi connectivity index (χ4v) is 7.95. The Hall–Kier alpha value is -5.64. The molecule has 0 bridgehead atoms. The average molecular weight is 593 g/mol. The van der Waals surface area contributed by atoms with Gasteiger partial charge < -0.3 is 9.47 Å². The predicted octanol–water partition coefficient (Wildman–Crippen LogP) is 12.3. The van der Waals surface area contributed by atoms with Gasteiger partial charge in [0.25, 0.3) is 0 Å². The summed E-state index contributed by atoms with van der Waals surface area (Å²) in [5.74, 6) is 0. The van der Waals surface area contributed by atoms with Crippen LogP contribution in [0.25, 0.3) is 58.8 Å². The van der Waals surface area contributed by atoms with Crippen molar-refractivity contribution in [3.8, 4) is 16.8 Å². The molecule has 212 valence electrons. The maximum Gasteiger partial charge on any atom is 0.0640 e. The lowest BCUT2D eigenvalue weighted by molar-refractivity contribution is 1.20. The zero-order valence-corrected chi connectivity index (χ0v) is 25.3. The molecule has 0 radical (unpaired) electrons. The van der Waals surface area contributed by atoms with E-state index >= 15 is 0 Å². The van der Waals surface area contributed by atoms with E-state index in [9.17, 15) is 0 Å². The van der Waals surface area contributed by atoms with Crippen LogP contribution < -0.4 is 4.90 Å². The van der Waals surface area contributed by atoms with Gasteiger partial charge in [0.05, 0.1) is 21.4 Å². The molecular formula is C42H28N2S. The van der Waals surface area contributed by atoms with Crippen LogP contribution in [0.2, 0.25) is 0 Å². The number of aromatic nitrogens is 1. The number of anilines is 3. The minimum Gasteiger partial charge on any atom is -0.310 e. The molecule has 0 aliphatic carbocycles. The van der Waals surface area contributed by atoms with E-state index in [1.807, 2.05) is 11.3 Å². The molecule has 0 N–H and O–H groups in total. The molecule has 7 aromatic carbocycles. The van der Waals surface area contributed by atoms with Gasteiger partial charge in [0.15, 0.2) is 0 Å². The second kappa shape index (κ2) is 10.5. The monoisotopic (exact) mass is 592 g/mol. The summed E-state index contributed by atoms with van der Waals surface area (Å²) < 4.78 is 5.10. The summed E-state index contributed by atoms with van der Waals surface area (Å²) in [7, 11) is 0. The van der Waals surface area contributed by atoms with Gasteiger partial charge in [-0.25, -0.2) is 0 Å². The van der Waals surface area contributed by atoms with Crippen LogP contribution in [0.1, 0.15) is 0 Å². The largest absolute Gasteiger partial charge is 0.310 e. The number of fused-ring (bicyclic) bond motifs is 6.